The van der Waals surface area contributed by atoms with E-state index in [4.69, 9.17) is 32.5 Å². The molecule has 2 saturated heterocycles. The molecule has 3 amide bonds. The lowest BCUT2D eigenvalue weighted by Crippen LogP contribution is -2.50. The van der Waals surface area contributed by atoms with E-state index in [-0.39, 0.29) is 30.1 Å². The number of carbonyl (C=O) groups is 2. The molecule has 2 unspecified atom stereocenters. The molecule has 44 heavy (non-hydrogen) atoms. The van der Waals surface area contributed by atoms with Crippen LogP contribution >= 0.6 is 23.2 Å². The maximum absolute atomic E-state index is 13.5. The number of nitrogens with one attached hydrogen (secondary N) is 1. The average molecular weight is 636 g/mol. The predicted octanol–water partition coefficient (Wildman–Crippen LogP) is 7.91. The van der Waals surface area contributed by atoms with Crippen LogP contribution in [0.25, 0.3) is 16.8 Å². The van der Waals surface area contributed by atoms with Crippen molar-refractivity contribution < 1.29 is 18.8 Å². The maximum Gasteiger partial charge on any atom is 0.322 e. The molecule has 2 aromatic carbocycles. The number of carbonyl (C=O) groups excluding carboxylic acids is 2. The summed E-state index contributed by atoms with van der Waals surface area (Å²) in [5, 5.41) is 8.62. The number of hydrogen-bond acceptors (Lipinski definition) is 5. The van der Waals surface area contributed by atoms with Crippen LogP contribution in [-0.4, -0.2) is 58.2 Å². The van der Waals surface area contributed by atoms with Gasteiger partial charge in [-0.05, 0) is 80.3 Å². The van der Waals surface area contributed by atoms with Crippen molar-refractivity contribution in [2.24, 2.45) is 0 Å². The first kappa shape index (κ1) is 29.4. The zero-order chi connectivity index (χ0) is 30.4. The van der Waals surface area contributed by atoms with Crippen LogP contribution in [-0.2, 0) is 16.1 Å². The molecule has 4 aliphatic rings. The molecule has 3 aromatic rings. The number of rotatable bonds is 7. The van der Waals surface area contributed by atoms with Gasteiger partial charge < -0.3 is 24.4 Å². The normalized spacial score (nSPS) is 23.1. The molecule has 4 heterocycles. The van der Waals surface area contributed by atoms with Crippen LogP contribution in [0.1, 0.15) is 74.7 Å². The van der Waals surface area contributed by atoms with E-state index in [1.54, 1.807) is 6.92 Å². The molecule has 3 aliphatic heterocycles. The highest BCUT2D eigenvalue weighted by Crippen LogP contribution is 2.46. The van der Waals surface area contributed by atoms with Gasteiger partial charge in [-0.25, -0.2) is 4.79 Å². The van der Waals surface area contributed by atoms with Gasteiger partial charge in [-0.2, -0.15) is 0 Å². The lowest BCUT2D eigenvalue weighted by Gasteiger charge is -2.38. The molecule has 1 N–H and O–H groups in total. The van der Waals surface area contributed by atoms with Crippen molar-refractivity contribution >= 4 is 46.4 Å². The summed E-state index contributed by atoms with van der Waals surface area (Å²) in [6.07, 6.45) is 8.62. The van der Waals surface area contributed by atoms with Crippen molar-refractivity contribution in [3.63, 3.8) is 0 Å². The topological polar surface area (TPSA) is 87.9 Å². The largest absolute Gasteiger partial charge is 0.373 e. The molecule has 3 fully saturated rings. The standard InChI is InChI=1S/C34H36Cl2N4O4/c1-20(41)39-14-12-21(13-15-39)23-4-2-5-24(16-23)37-34(42)40-25-10-11-26(40)18-27(17-25)43-19-28-32(38-44-33(28)22-8-9-22)31-29(35)6-3-7-30(31)36/h2-7,12,16,22,25-27H,8-11,13-15,17-19H2,1H3,(H,37,42). The number of fused-ring (bicyclic) bond motifs is 2. The summed E-state index contributed by atoms with van der Waals surface area (Å²) in [5.41, 5.74) is 5.33. The summed E-state index contributed by atoms with van der Waals surface area (Å²) in [7, 11) is 0. The van der Waals surface area contributed by atoms with Gasteiger partial charge >= 0.3 is 6.03 Å². The Morgan fingerprint density at radius 2 is 1.77 bits per heavy atom. The Morgan fingerprint density at radius 1 is 1.05 bits per heavy atom. The fraction of sp³-hybridized carbons (Fsp3) is 0.441. The van der Waals surface area contributed by atoms with Crippen molar-refractivity contribution in [1.82, 2.24) is 15.0 Å². The molecule has 0 radical (unpaired) electrons. The maximum atomic E-state index is 13.5. The van der Waals surface area contributed by atoms with Gasteiger partial charge in [0, 0.05) is 54.8 Å². The first-order chi connectivity index (χ1) is 21.4. The summed E-state index contributed by atoms with van der Waals surface area (Å²) < 4.78 is 12.4. The SMILES string of the molecule is CC(=O)N1CC=C(c2cccc(NC(=O)N3C4CCC3CC(OCc3c(-c5c(Cl)cccc5Cl)noc3C3CC3)C4)c2)CC1. The molecule has 1 aliphatic carbocycles. The second kappa shape index (κ2) is 12.2. The number of piperidine rings is 1. The summed E-state index contributed by atoms with van der Waals surface area (Å²) in [6.45, 7) is 3.31. The fourth-order valence-corrected chi connectivity index (χ4v) is 7.62. The Hall–Kier alpha value is -3.33. The zero-order valence-corrected chi connectivity index (χ0v) is 26.2. The van der Waals surface area contributed by atoms with Crippen molar-refractivity contribution in [3.05, 3.63) is 75.5 Å². The van der Waals surface area contributed by atoms with Gasteiger partial charge in [0.25, 0.3) is 0 Å². The molecular formula is C34H36Cl2N4O4. The minimum absolute atomic E-state index is 0.0317. The van der Waals surface area contributed by atoms with E-state index in [2.05, 4.69) is 22.6 Å². The minimum Gasteiger partial charge on any atom is -0.373 e. The van der Waals surface area contributed by atoms with Gasteiger partial charge in [0.2, 0.25) is 5.91 Å². The quantitative estimate of drug-likeness (QED) is 0.285. The number of nitrogens with zero attached hydrogens (tertiary/aromatic N) is 3. The number of ether oxygens (including phenoxy) is 1. The highest BCUT2D eigenvalue weighted by molar-refractivity contribution is 6.39. The van der Waals surface area contributed by atoms with E-state index < -0.39 is 0 Å². The molecular weight excluding hydrogens is 599 g/mol. The van der Waals surface area contributed by atoms with Crippen molar-refractivity contribution in [2.75, 3.05) is 18.4 Å². The van der Waals surface area contributed by atoms with Crippen molar-refractivity contribution in [2.45, 2.75) is 82.6 Å². The molecule has 2 atom stereocenters. The molecule has 0 spiro atoms. The molecule has 230 valence electrons. The molecule has 8 nitrogen and oxygen atoms in total. The van der Waals surface area contributed by atoms with Crippen molar-refractivity contribution in [1.29, 1.82) is 0 Å². The highest BCUT2D eigenvalue weighted by atomic mass is 35.5. The van der Waals surface area contributed by atoms with Crippen LogP contribution in [0.4, 0.5) is 10.5 Å². The lowest BCUT2D eigenvalue weighted by molar-refractivity contribution is -0.128. The van der Waals surface area contributed by atoms with Gasteiger partial charge in [-0.15, -0.1) is 0 Å². The van der Waals surface area contributed by atoms with Crippen LogP contribution < -0.4 is 5.32 Å². The van der Waals surface area contributed by atoms with Crippen LogP contribution in [0.15, 0.2) is 53.1 Å². The smallest absolute Gasteiger partial charge is 0.322 e. The summed E-state index contributed by atoms with van der Waals surface area (Å²) in [5.74, 6) is 1.33. The van der Waals surface area contributed by atoms with E-state index in [0.29, 0.717) is 46.9 Å². The zero-order valence-electron chi connectivity index (χ0n) is 24.7. The third-order valence-electron chi connectivity index (χ3n) is 9.49. The number of benzene rings is 2. The van der Waals surface area contributed by atoms with Crippen LogP contribution in [0, 0.1) is 0 Å². The first-order valence-electron chi connectivity index (χ1n) is 15.5. The molecule has 10 heteroatoms. The van der Waals surface area contributed by atoms with E-state index >= 15 is 0 Å². The third-order valence-corrected chi connectivity index (χ3v) is 10.1. The number of halogens is 2. The van der Waals surface area contributed by atoms with Crippen LogP contribution in [0.3, 0.4) is 0 Å². The fourth-order valence-electron chi connectivity index (χ4n) is 7.05. The minimum atomic E-state index is -0.0563. The number of aromatic nitrogens is 1. The highest BCUT2D eigenvalue weighted by Gasteiger charge is 2.44. The van der Waals surface area contributed by atoms with Crippen molar-refractivity contribution in [3.8, 4) is 11.3 Å². The Labute approximate surface area is 267 Å². The van der Waals surface area contributed by atoms with Crippen LogP contribution in [0.5, 0.6) is 0 Å². The molecule has 7 rings (SSSR count). The molecule has 1 aromatic heterocycles. The third kappa shape index (κ3) is 5.87. The Bertz CT molecular complexity index is 1580. The molecule has 1 saturated carbocycles. The Balaban J connectivity index is 1.00. The number of anilines is 1. The van der Waals surface area contributed by atoms with E-state index in [1.165, 1.54) is 5.57 Å². The van der Waals surface area contributed by atoms with E-state index in [1.807, 2.05) is 46.2 Å². The van der Waals surface area contributed by atoms with Gasteiger partial charge in [0.1, 0.15) is 11.5 Å². The average Bonchev–Trinajstić information content (AvgIpc) is 3.72. The second-order valence-corrected chi connectivity index (χ2v) is 13.2. The number of amides is 3. The van der Waals surface area contributed by atoms with E-state index in [0.717, 1.165) is 67.5 Å². The first-order valence-corrected chi connectivity index (χ1v) is 16.3. The number of urea groups is 1. The van der Waals surface area contributed by atoms with Gasteiger partial charge in [0.05, 0.1) is 22.8 Å². The summed E-state index contributed by atoms with van der Waals surface area (Å²) >= 11 is 13.1. The van der Waals surface area contributed by atoms with Gasteiger partial charge in [-0.1, -0.05) is 52.6 Å². The monoisotopic (exact) mass is 634 g/mol. The van der Waals surface area contributed by atoms with Gasteiger partial charge in [-0.3, -0.25) is 4.79 Å². The summed E-state index contributed by atoms with van der Waals surface area (Å²) in [4.78, 5) is 29.1. The number of hydrogen-bond donors (Lipinski definition) is 1. The summed E-state index contributed by atoms with van der Waals surface area (Å²) in [6, 6.07) is 13.6. The lowest BCUT2D eigenvalue weighted by atomic mass is 9.98. The molecule has 2 bridgehead atoms. The second-order valence-electron chi connectivity index (χ2n) is 12.4. The Morgan fingerprint density at radius 3 is 2.43 bits per heavy atom. The van der Waals surface area contributed by atoms with Gasteiger partial charge in [0.15, 0.2) is 0 Å². The van der Waals surface area contributed by atoms with Crippen LogP contribution in [0.2, 0.25) is 10.0 Å². The van der Waals surface area contributed by atoms with E-state index in [9.17, 15) is 9.59 Å². The predicted molar refractivity (Wildman–Crippen MR) is 171 cm³/mol. The Kier molecular flexibility index (Phi) is 8.16.